The molecule has 0 heterocycles. The number of aliphatic hydroxyl groups excluding tert-OH is 1. The van der Waals surface area contributed by atoms with Crippen molar-refractivity contribution in [2.24, 2.45) is 0 Å². The third kappa shape index (κ3) is 6.66. The van der Waals surface area contributed by atoms with Crippen LogP contribution < -0.4 is 5.32 Å². The highest BCUT2D eigenvalue weighted by Crippen LogP contribution is 2.18. The van der Waals surface area contributed by atoms with E-state index in [9.17, 15) is 9.50 Å². The molecule has 0 bridgehead atoms. The van der Waals surface area contributed by atoms with E-state index in [0.717, 1.165) is 4.90 Å². The van der Waals surface area contributed by atoms with E-state index in [2.05, 4.69) is 26.1 Å². The second-order valence-electron chi connectivity index (χ2n) is 5.05. The maximum Gasteiger partial charge on any atom is 0.123 e. The fourth-order valence-corrected chi connectivity index (χ4v) is 2.04. The molecule has 2 nitrogen and oxygen atoms in total. The summed E-state index contributed by atoms with van der Waals surface area (Å²) in [5, 5.41) is 13.0. The Balaban J connectivity index is 2.28. The monoisotopic (exact) mass is 257 g/mol. The highest BCUT2D eigenvalue weighted by molar-refractivity contribution is 7.99. The lowest BCUT2D eigenvalue weighted by Gasteiger charge is -2.22. The van der Waals surface area contributed by atoms with Crippen LogP contribution in [0.5, 0.6) is 0 Å². The molecule has 0 saturated heterocycles. The van der Waals surface area contributed by atoms with Crippen molar-refractivity contribution in [2.45, 2.75) is 37.3 Å². The normalized spacial score (nSPS) is 13.7. The van der Waals surface area contributed by atoms with E-state index in [1.54, 1.807) is 12.1 Å². The summed E-state index contributed by atoms with van der Waals surface area (Å²) >= 11 is 1.53. The number of thioether (sulfide) groups is 1. The highest BCUT2D eigenvalue weighted by Gasteiger charge is 2.12. The van der Waals surface area contributed by atoms with Crippen molar-refractivity contribution in [3.8, 4) is 0 Å². The van der Waals surface area contributed by atoms with Crippen LogP contribution in [-0.4, -0.2) is 29.0 Å². The van der Waals surface area contributed by atoms with E-state index in [1.807, 2.05) is 0 Å². The third-order valence-electron chi connectivity index (χ3n) is 2.12. The van der Waals surface area contributed by atoms with Gasteiger partial charge in [0, 0.05) is 22.7 Å². The van der Waals surface area contributed by atoms with Crippen LogP contribution in [-0.2, 0) is 0 Å². The minimum absolute atomic E-state index is 0.0154. The number of β-amino-alcohol motifs (C(OH)–C–C–N with tert-alkyl or cyclic N) is 1. The van der Waals surface area contributed by atoms with Gasteiger partial charge in [0.15, 0.2) is 0 Å². The fourth-order valence-electron chi connectivity index (χ4n) is 1.21. The van der Waals surface area contributed by atoms with Crippen molar-refractivity contribution in [2.75, 3.05) is 12.3 Å². The Morgan fingerprint density at radius 1 is 1.29 bits per heavy atom. The molecule has 0 aliphatic carbocycles. The molecule has 0 spiro atoms. The lowest BCUT2D eigenvalue weighted by Crippen LogP contribution is -2.41. The van der Waals surface area contributed by atoms with E-state index in [-0.39, 0.29) is 11.4 Å². The van der Waals surface area contributed by atoms with Gasteiger partial charge in [0.1, 0.15) is 5.82 Å². The van der Waals surface area contributed by atoms with E-state index in [1.165, 1.54) is 23.9 Å². The summed E-state index contributed by atoms with van der Waals surface area (Å²) in [6.45, 7) is 6.75. The zero-order valence-corrected chi connectivity index (χ0v) is 11.4. The van der Waals surface area contributed by atoms with E-state index in [0.29, 0.717) is 12.3 Å². The van der Waals surface area contributed by atoms with Gasteiger partial charge in [-0.05, 0) is 45.0 Å². The van der Waals surface area contributed by atoms with Gasteiger partial charge in [0.2, 0.25) is 0 Å². The van der Waals surface area contributed by atoms with Gasteiger partial charge in [0.05, 0.1) is 6.10 Å². The molecule has 4 heteroatoms. The summed E-state index contributed by atoms with van der Waals surface area (Å²) in [6.07, 6.45) is -0.399. The summed E-state index contributed by atoms with van der Waals surface area (Å²) in [7, 11) is 0. The maximum atomic E-state index is 12.7. The van der Waals surface area contributed by atoms with Crippen molar-refractivity contribution in [3.05, 3.63) is 30.1 Å². The molecule has 1 aromatic rings. The van der Waals surface area contributed by atoms with Crippen LogP contribution in [0.15, 0.2) is 29.2 Å². The smallest absolute Gasteiger partial charge is 0.123 e. The fraction of sp³-hybridized carbons (Fsp3) is 0.538. The summed E-state index contributed by atoms with van der Waals surface area (Å²) < 4.78 is 12.7. The second-order valence-corrected chi connectivity index (χ2v) is 6.14. The first-order valence-corrected chi connectivity index (χ1v) is 6.67. The van der Waals surface area contributed by atoms with Crippen molar-refractivity contribution in [1.29, 1.82) is 0 Å². The molecule has 0 fully saturated rings. The number of rotatable bonds is 5. The standard InChI is InChI=1S/C13H20FNOS/c1-13(2,3)15-8-11(16)9-17-12-6-4-10(14)5-7-12/h4-7,11,15-16H,8-9H2,1-3H3. The zero-order chi connectivity index (χ0) is 12.9. The van der Waals surface area contributed by atoms with E-state index < -0.39 is 6.10 Å². The van der Waals surface area contributed by atoms with Gasteiger partial charge < -0.3 is 10.4 Å². The molecule has 0 radical (unpaired) electrons. The minimum atomic E-state index is -0.399. The Bertz CT molecular complexity index is 334. The first kappa shape index (κ1) is 14.5. The molecule has 0 aliphatic heterocycles. The molecular formula is C13H20FNOS. The predicted octanol–water partition coefficient (Wildman–Crippen LogP) is 2.67. The molecule has 1 atom stereocenters. The quantitative estimate of drug-likeness (QED) is 0.795. The van der Waals surface area contributed by atoms with Crippen LogP contribution in [0.3, 0.4) is 0 Å². The molecule has 1 aromatic carbocycles. The lowest BCUT2D eigenvalue weighted by molar-refractivity contribution is 0.183. The van der Waals surface area contributed by atoms with Crippen LogP contribution in [0.25, 0.3) is 0 Å². The van der Waals surface area contributed by atoms with Gasteiger partial charge in [-0.2, -0.15) is 0 Å². The Hall–Kier alpha value is -0.580. The SMILES string of the molecule is CC(C)(C)NCC(O)CSc1ccc(F)cc1. The summed E-state index contributed by atoms with van der Waals surface area (Å²) in [4.78, 5) is 0.973. The Labute approximate surface area is 107 Å². The number of aliphatic hydroxyl groups is 1. The van der Waals surface area contributed by atoms with Crippen molar-refractivity contribution >= 4 is 11.8 Å². The van der Waals surface area contributed by atoms with Crippen molar-refractivity contribution in [3.63, 3.8) is 0 Å². The number of hydrogen-bond acceptors (Lipinski definition) is 3. The molecule has 1 unspecified atom stereocenters. The molecule has 0 amide bonds. The van der Waals surface area contributed by atoms with Crippen LogP contribution in [0.1, 0.15) is 20.8 Å². The van der Waals surface area contributed by atoms with Gasteiger partial charge in [-0.3, -0.25) is 0 Å². The largest absolute Gasteiger partial charge is 0.391 e. The molecular weight excluding hydrogens is 237 g/mol. The Morgan fingerprint density at radius 2 is 1.88 bits per heavy atom. The molecule has 0 aliphatic rings. The van der Waals surface area contributed by atoms with Gasteiger partial charge in [-0.15, -0.1) is 11.8 Å². The minimum Gasteiger partial charge on any atom is -0.391 e. The van der Waals surface area contributed by atoms with Gasteiger partial charge in [-0.1, -0.05) is 0 Å². The first-order valence-electron chi connectivity index (χ1n) is 5.68. The first-order chi connectivity index (χ1) is 7.87. The number of nitrogens with one attached hydrogen (secondary N) is 1. The Morgan fingerprint density at radius 3 is 2.41 bits per heavy atom. The summed E-state index contributed by atoms with van der Waals surface area (Å²) in [5.74, 6) is 0.374. The van der Waals surface area contributed by atoms with Crippen LogP contribution in [0.2, 0.25) is 0 Å². The molecule has 0 saturated carbocycles. The molecule has 96 valence electrons. The van der Waals surface area contributed by atoms with E-state index in [4.69, 9.17) is 0 Å². The van der Waals surface area contributed by atoms with Crippen molar-refractivity contribution < 1.29 is 9.50 Å². The average molecular weight is 257 g/mol. The molecule has 0 aromatic heterocycles. The number of halogens is 1. The zero-order valence-electron chi connectivity index (χ0n) is 10.5. The molecule has 2 N–H and O–H groups in total. The highest BCUT2D eigenvalue weighted by atomic mass is 32.2. The molecule has 1 rings (SSSR count). The van der Waals surface area contributed by atoms with Gasteiger partial charge in [0.25, 0.3) is 0 Å². The topological polar surface area (TPSA) is 32.3 Å². The number of hydrogen-bond donors (Lipinski definition) is 2. The second kappa shape index (κ2) is 6.38. The maximum absolute atomic E-state index is 12.7. The number of benzene rings is 1. The Kier molecular flexibility index (Phi) is 5.43. The lowest BCUT2D eigenvalue weighted by atomic mass is 10.1. The third-order valence-corrected chi connectivity index (χ3v) is 3.28. The van der Waals surface area contributed by atoms with E-state index >= 15 is 0 Å². The predicted molar refractivity (Wildman–Crippen MR) is 70.9 cm³/mol. The van der Waals surface area contributed by atoms with Crippen molar-refractivity contribution in [1.82, 2.24) is 5.32 Å². The summed E-state index contributed by atoms with van der Waals surface area (Å²) in [5.41, 5.74) is 0.0154. The average Bonchev–Trinajstić information content (AvgIpc) is 2.25. The van der Waals surface area contributed by atoms with Gasteiger partial charge in [-0.25, -0.2) is 4.39 Å². The van der Waals surface area contributed by atoms with Gasteiger partial charge >= 0.3 is 0 Å². The summed E-state index contributed by atoms with van der Waals surface area (Å²) in [6, 6.07) is 6.32. The van der Waals surface area contributed by atoms with Crippen LogP contribution in [0.4, 0.5) is 4.39 Å². The van der Waals surface area contributed by atoms with Crippen LogP contribution in [0, 0.1) is 5.82 Å². The van der Waals surface area contributed by atoms with Crippen LogP contribution >= 0.6 is 11.8 Å². The molecule has 17 heavy (non-hydrogen) atoms.